The molecule has 10 nitrogen and oxygen atoms in total. The number of aliphatic carboxylic acids is 1. The van der Waals surface area contributed by atoms with E-state index in [2.05, 4.69) is 16.5 Å². The van der Waals surface area contributed by atoms with E-state index in [1.165, 1.54) is 24.4 Å². The van der Waals surface area contributed by atoms with Gasteiger partial charge in [-0.1, -0.05) is 6.07 Å². The van der Waals surface area contributed by atoms with Crippen LogP contribution < -0.4 is 16.0 Å². The van der Waals surface area contributed by atoms with Gasteiger partial charge in [0.15, 0.2) is 0 Å². The van der Waals surface area contributed by atoms with Gasteiger partial charge in [0.2, 0.25) is 0 Å². The molecule has 0 spiro atoms. The molecule has 2 aromatic heterocycles. The van der Waals surface area contributed by atoms with E-state index in [4.69, 9.17) is 15.2 Å². The van der Waals surface area contributed by atoms with Crippen LogP contribution in [0.5, 0.6) is 0 Å². The number of nitriles is 1. The van der Waals surface area contributed by atoms with Crippen molar-refractivity contribution in [2.45, 2.75) is 20.0 Å². The quantitative estimate of drug-likeness (QED) is 0.321. The molecule has 230 valence electrons. The second-order valence-corrected chi connectivity index (χ2v) is 10.8. The van der Waals surface area contributed by atoms with Crippen LogP contribution in [0.1, 0.15) is 34.1 Å². The predicted octanol–water partition coefficient (Wildman–Crippen LogP) is 3.08. The smallest absolute Gasteiger partial charge is 0.416 e. The van der Waals surface area contributed by atoms with Crippen LogP contribution in [0, 0.1) is 18.3 Å². The van der Waals surface area contributed by atoms with E-state index in [0.717, 1.165) is 23.6 Å². The van der Waals surface area contributed by atoms with Crippen molar-refractivity contribution in [3.8, 4) is 28.7 Å². The molecule has 4 aromatic rings. The maximum absolute atomic E-state index is 13.7. The minimum absolute atomic E-state index is 0.0241. The number of nitrogens with one attached hydrogen (secondary N) is 1. The Labute approximate surface area is 251 Å². The summed E-state index contributed by atoms with van der Waals surface area (Å²) < 4.78 is 43.9. The maximum atomic E-state index is 13.7. The van der Waals surface area contributed by atoms with Crippen LogP contribution in [-0.2, 0) is 11.0 Å². The van der Waals surface area contributed by atoms with Crippen molar-refractivity contribution in [2.75, 3.05) is 34.2 Å². The number of quaternary nitrogens is 1. The van der Waals surface area contributed by atoms with Crippen LogP contribution in [0.3, 0.4) is 0 Å². The molecule has 1 N–H and O–H groups in total. The molecule has 1 amide bonds. The Bertz CT molecular complexity index is 1760. The van der Waals surface area contributed by atoms with Gasteiger partial charge in [0.1, 0.15) is 5.56 Å². The van der Waals surface area contributed by atoms with E-state index in [1.54, 1.807) is 41.9 Å². The third-order valence-corrected chi connectivity index (χ3v) is 6.35. The summed E-state index contributed by atoms with van der Waals surface area (Å²) in [5.74, 6) is -1.72. The molecule has 44 heavy (non-hydrogen) atoms. The van der Waals surface area contributed by atoms with Gasteiger partial charge in [0.05, 0.1) is 69.0 Å². The Balaban J connectivity index is 0.00000124. The molecule has 0 aliphatic rings. The van der Waals surface area contributed by atoms with E-state index in [1.807, 2.05) is 21.1 Å². The van der Waals surface area contributed by atoms with Crippen LogP contribution in [0.2, 0.25) is 0 Å². The van der Waals surface area contributed by atoms with Gasteiger partial charge in [-0.05, 0) is 68.4 Å². The second-order valence-electron chi connectivity index (χ2n) is 10.8. The highest BCUT2D eigenvalue weighted by molar-refractivity contribution is 5.95. The minimum atomic E-state index is -4.62. The first-order chi connectivity index (χ1) is 20.5. The predicted molar refractivity (Wildman–Crippen MR) is 155 cm³/mol. The lowest BCUT2D eigenvalue weighted by Crippen LogP contribution is -2.43. The first-order valence-corrected chi connectivity index (χ1v) is 13.3. The summed E-state index contributed by atoms with van der Waals surface area (Å²) in [6.45, 7) is 3.46. The number of nitrogens with zero attached hydrogens (tertiary/aromatic N) is 5. The number of carbonyl (C=O) groups excluding carboxylic acids is 2. The Kier molecular flexibility index (Phi) is 10.1. The van der Waals surface area contributed by atoms with Crippen LogP contribution in [0.15, 0.2) is 71.7 Å². The van der Waals surface area contributed by atoms with Gasteiger partial charge >= 0.3 is 6.18 Å². The number of likely N-dealkylation sites (N-methyl/N-ethyl adjacent to an activating group) is 1. The summed E-state index contributed by atoms with van der Waals surface area (Å²) >= 11 is 0. The van der Waals surface area contributed by atoms with Crippen molar-refractivity contribution < 1.29 is 32.3 Å². The zero-order chi connectivity index (χ0) is 32.8. The third kappa shape index (κ3) is 8.20. The molecule has 0 saturated heterocycles. The number of carbonyl (C=O) groups is 2. The number of alkyl halides is 3. The van der Waals surface area contributed by atoms with Crippen molar-refractivity contribution >= 4 is 11.9 Å². The van der Waals surface area contributed by atoms with Gasteiger partial charge in [-0.15, -0.1) is 0 Å². The van der Waals surface area contributed by atoms with Crippen LogP contribution in [-0.4, -0.2) is 64.9 Å². The number of aromatic nitrogens is 3. The molecular formula is C31H31F3N6O4. The molecule has 0 saturated carbocycles. The van der Waals surface area contributed by atoms with Crippen molar-refractivity contribution in [3.05, 3.63) is 99.6 Å². The Morgan fingerprint density at radius 1 is 1.05 bits per heavy atom. The van der Waals surface area contributed by atoms with E-state index >= 15 is 0 Å². The first-order valence-electron chi connectivity index (χ1n) is 13.3. The molecule has 0 aliphatic carbocycles. The van der Waals surface area contributed by atoms with Crippen LogP contribution in [0.25, 0.3) is 22.6 Å². The first kappa shape index (κ1) is 33.3. The minimum Gasteiger partial charge on any atom is -0.550 e. The van der Waals surface area contributed by atoms with Crippen molar-refractivity contribution in [2.24, 2.45) is 0 Å². The Hall–Kier alpha value is -5.22. The van der Waals surface area contributed by atoms with Crippen LogP contribution in [0.4, 0.5) is 13.2 Å². The molecule has 0 radical (unpaired) electrons. The van der Waals surface area contributed by atoms with Crippen molar-refractivity contribution in [1.82, 2.24) is 19.7 Å². The zero-order valence-electron chi connectivity index (χ0n) is 24.8. The monoisotopic (exact) mass is 608 g/mol. The molecule has 13 heteroatoms. The van der Waals surface area contributed by atoms with E-state index < -0.39 is 29.2 Å². The fraction of sp³-hybridized carbons (Fsp3) is 0.258. The molecule has 0 bridgehead atoms. The third-order valence-electron chi connectivity index (χ3n) is 6.35. The summed E-state index contributed by atoms with van der Waals surface area (Å²) in [6.07, 6.45) is -3.08. The summed E-state index contributed by atoms with van der Waals surface area (Å²) in [4.78, 5) is 35.8. The number of pyridine rings is 1. The lowest BCUT2D eigenvalue weighted by Gasteiger charge is -2.24. The molecule has 0 aliphatic heterocycles. The van der Waals surface area contributed by atoms with E-state index in [9.17, 15) is 22.8 Å². The molecule has 2 aromatic carbocycles. The summed E-state index contributed by atoms with van der Waals surface area (Å²) in [5, 5.41) is 25.2. The maximum Gasteiger partial charge on any atom is 0.416 e. The number of hydrogen-bond acceptors (Lipinski definition) is 6. The fourth-order valence-corrected chi connectivity index (χ4v) is 4.25. The highest BCUT2D eigenvalue weighted by Crippen LogP contribution is 2.32. The van der Waals surface area contributed by atoms with E-state index in [0.29, 0.717) is 39.2 Å². The summed E-state index contributed by atoms with van der Waals surface area (Å²) in [5.41, 5.74) is 0.424. The number of hydrogen-bond donors (Lipinski definition) is 1. The molecule has 0 unspecified atom stereocenters. The van der Waals surface area contributed by atoms with Gasteiger partial charge in [-0.25, -0.2) is 4.68 Å². The van der Waals surface area contributed by atoms with Crippen LogP contribution >= 0.6 is 0 Å². The summed E-state index contributed by atoms with van der Waals surface area (Å²) in [6, 6.07) is 16.3. The largest absolute Gasteiger partial charge is 0.550 e. The molecule has 0 atom stereocenters. The summed E-state index contributed by atoms with van der Waals surface area (Å²) in [7, 11) is 5.88. The van der Waals surface area contributed by atoms with E-state index in [-0.39, 0.29) is 17.8 Å². The number of carboxylic acid groups (broad SMARTS) is 1. The SMILES string of the molecule is CC(=O)[O-].Cc1c(-c2ccnn2-c2ccc(C#N)cc2)cc(C(=O)NCC[N+](C)(C)C)c(=O)n1-c1cccc(C(F)(F)F)c1. The number of halogens is 3. The lowest BCUT2D eigenvalue weighted by molar-refractivity contribution is -0.869. The van der Waals surface area contributed by atoms with Crippen molar-refractivity contribution in [3.63, 3.8) is 0 Å². The number of carboxylic acids is 1. The highest BCUT2D eigenvalue weighted by Gasteiger charge is 2.31. The van der Waals surface area contributed by atoms with Crippen molar-refractivity contribution in [1.29, 1.82) is 5.26 Å². The molecular weight excluding hydrogens is 577 g/mol. The topological polar surface area (TPSA) is 133 Å². The number of amides is 1. The zero-order valence-corrected chi connectivity index (χ0v) is 24.8. The number of benzene rings is 2. The molecule has 4 rings (SSSR count). The van der Waals surface area contributed by atoms with Gasteiger partial charge in [0.25, 0.3) is 11.5 Å². The Morgan fingerprint density at radius 2 is 1.68 bits per heavy atom. The lowest BCUT2D eigenvalue weighted by atomic mass is 10.0. The highest BCUT2D eigenvalue weighted by atomic mass is 19.4. The average molecular weight is 609 g/mol. The van der Waals surface area contributed by atoms with Gasteiger partial charge in [-0.2, -0.15) is 23.5 Å². The normalized spacial score (nSPS) is 11.2. The standard InChI is InChI=1S/C29H27F3N6O2.C2H4O2/c1-19-24(26-12-13-35-37(26)22-10-8-20(18-33)9-11-22)17-25(27(39)34-14-15-38(2,3)4)28(40)36(19)23-7-5-6-21(16-23)29(30,31)32;1-2(3)4/h5-13,16-17H,14-15H2,1-4H3;1H3,(H,3,4). The van der Waals surface area contributed by atoms with Gasteiger partial charge in [0, 0.05) is 22.9 Å². The second kappa shape index (κ2) is 13.4. The number of rotatable bonds is 7. The van der Waals surface area contributed by atoms with Gasteiger partial charge in [-0.3, -0.25) is 14.2 Å². The molecule has 0 fully saturated rings. The average Bonchev–Trinajstić information content (AvgIpc) is 3.41. The van der Waals surface area contributed by atoms with Gasteiger partial charge < -0.3 is 19.7 Å². The molecule has 2 heterocycles. The Morgan fingerprint density at radius 3 is 2.25 bits per heavy atom. The fourth-order valence-electron chi connectivity index (χ4n) is 4.25.